The van der Waals surface area contributed by atoms with Gasteiger partial charge in [0.05, 0.1) is 0 Å². The number of carbonyl (C=O) groups excluding carboxylic acids is 1. The average Bonchev–Trinajstić information content (AvgIpc) is 2.50. The van der Waals surface area contributed by atoms with Crippen molar-refractivity contribution in [3.8, 4) is 0 Å². The van der Waals surface area contributed by atoms with Crippen LogP contribution in [0.15, 0.2) is 17.5 Å². The highest BCUT2D eigenvalue weighted by atomic mass is 32.1. The fourth-order valence-corrected chi connectivity index (χ4v) is 1.38. The van der Waals surface area contributed by atoms with Crippen LogP contribution in [0.5, 0.6) is 0 Å². The van der Waals surface area contributed by atoms with Gasteiger partial charge in [0.2, 0.25) is 5.78 Å². The zero-order valence-corrected chi connectivity index (χ0v) is 7.65. The molecule has 1 aromatic heterocycles. The van der Waals surface area contributed by atoms with Crippen LogP contribution in [0.1, 0.15) is 22.4 Å². The molecule has 0 aliphatic heterocycles. The second kappa shape index (κ2) is 3.60. The lowest BCUT2D eigenvalue weighted by atomic mass is 10.2. The molecule has 2 N–H and O–H groups in total. The van der Waals surface area contributed by atoms with Crippen LogP contribution in [0.3, 0.4) is 0 Å². The fraction of sp³-hybridized carbons (Fsp3) is 0.250. The maximum absolute atomic E-state index is 11.3. The SMILES string of the molecule is C=C(C)C(=O)c1csc(CN)n1. The first kappa shape index (κ1) is 9.09. The van der Waals surface area contributed by atoms with Gasteiger partial charge in [0.25, 0.3) is 0 Å². The first-order valence-electron chi connectivity index (χ1n) is 3.50. The van der Waals surface area contributed by atoms with Crippen molar-refractivity contribution in [2.75, 3.05) is 0 Å². The van der Waals surface area contributed by atoms with Crippen molar-refractivity contribution in [3.05, 3.63) is 28.2 Å². The number of hydrogen-bond donors (Lipinski definition) is 1. The smallest absolute Gasteiger partial charge is 0.207 e. The molecule has 12 heavy (non-hydrogen) atoms. The highest BCUT2D eigenvalue weighted by Gasteiger charge is 2.09. The Labute approximate surface area is 74.9 Å². The van der Waals surface area contributed by atoms with Gasteiger partial charge in [0.15, 0.2) is 0 Å². The summed E-state index contributed by atoms with van der Waals surface area (Å²) in [6, 6.07) is 0. The quantitative estimate of drug-likeness (QED) is 0.567. The summed E-state index contributed by atoms with van der Waals surface area (Å²) in [6.45, 7) is 5.60. The molecule has 64 valence electrons. The van der Waals surface area contributed by atoms with Gasteiger partial charge in [-0.2, -0.15) is 0 Å². The topological polar surface area (TPSA) is 56.0 Å². The molecule has 0 aliphatic rings. The van der Waals surface area contributed by atoms with Crippen molar-refractivity contribution in [1.82, 2.24) is 4.98 Å². The Bertz CT molecular complexity index is 317. The summed E-state index contributed by atoms with van der Waals surface area (Å²) in [5, 5.41) is 2.48. The summed E-state index contributed by atoms with van der Waals surface area (Å²) in [6.07, 6.45) is 0. The second-order valence-corrected chi connectivity index (χ2v) is 3.38. The molecular formula is C8H10N2OS. The van der Waals surface area contributed by atoms with Gasteiger partial charge >= 0.3 is 0 Å². The van der Waals surface area contributed by atoms with Crippen LogP contribution < -0.4 is 5.73 Å². The van der Waals surface area contributed by atoms with E-state index in [0.717, 1.165) is 5.01 Å². The van der Waals surface area contributed by atoms with E-state index in [4.69, 9.17) is 5.73 Å². The molecule has 0 atom stereocenters. The van der Waals surface area contributed by atoms with Gasteiger partial charge in [-0.25, -0.2) is 4.98 Å². The van der Waals surface area contributed by atoms with Crippen LogP contribution >= 0.6 is 11.3 Å². The number of hydrogen-bond acceptors (Lipinski definition) is 4. The lowest BCUT2D eigenvalue weighted by molar-refractivity contribution is 0.103. The van der Waals surface area contributed by atoms with Gasteiger partial charge in [-0.15, -0.1) is 11.3 Å². The predicted octanol–water partition coefficient (Wildman–Crippen LogP) is 1.36. The van der Waals surface area contributed by atoms with Gasteiger partial charge in [-0.05, 0) is 12.5 Å². The molecule has 0 aliphatic carbocycles. The van der Waals surface area contributed by atoms with Gasteiger partial charge < -0.3 is 5.73 Å². The lowest BCUT2D eigenvalue weighted by Crippen LogP contribution is -2.01. The van der Waals surface area contributed by atoms with E-state index >= 15 is 0 Å². The number of aromatic nitrogens is 1. The minimum atomic E-state index is -0.106. The van der Waals surface area contributed by atoms with Gasteiger partial charge in [-0.3, -0.25) is 4.79 Å². The molecule has 0 spiro atoms. The fourth-order valence-electron chi connectivity index (χ4n) is 0.728. The van der Waals surface area contributed by atoms with Crippen LogP contribution in [0, 0.1) is 0 Å². The number of nitrogens with two attached hydrogens (primary N) is 1. The van der Waals surface area contributed by atoms with Crippen molar-refractivity contribution >= 4 is 17.1 Å². The molecule has 0 radical (unpaired) electrons. The monoisotopic (exact) mass is 182 g/mol. The molecule has 1 rings (SSSR count). The van der Waals surface area contributed by atoms with E-state index < -0.39 is 0 Å². The summed E-state index contributed by atoms with van der Waals surface area (Å²) >= 11 is 1.40. The van der Waals surface area contributed by atoms with Crippen molar-refractivity contribution in [1.29, 1.82) is 0 Å². The zero-order valence-electron chi connectivity index (χ0n) is 6.83. The number of allylic oxidation sites excluding steroid dienone is 1. The molecule has 0 bridgehead atoms. The van der Waals surface area contributed by atoms with Crippen LogP contribution in [0.2, 0.25) is 0 Å². The first-order valence-corrected chi connectivity index (χ1v) is 4.37. The summed E-state index contributed by atoms with van der Waals surface area (Å²) in [5.41, 5.74) is 6.31. The maximum atomic E-state index is 11.3. The summed E-state index contributed by atoms with van der Waals surface area (Å²) in [7, 11) is 0. The Balaban J connectivity index is 2.89. The molecule has 3 nitrogen and oxygen atoms in total. The third-order valence-electron chi connectivity index (χ3n) is 1.35. The third-order valence-corrected chi connectivity index (χ3v) is 2.22. The molecule has 1 aromatic rings. The highest BCUT2D eigenvalue weighted by Crippen LogP contribution is 2.11. The van der Waals surface area contributed by atoms with E-state index in [0.29, 0.717) is 17.8 Å². The van der Waals surface area contributed by atoms with Crippen molar-refractivity contribution in [2.24, 2.45) is 5.73 Å². The standard InChI is InChI=1S/C8H10N2OS/c1-5(2)8(11)6-4-12-7(3-9)10-6/h4H,1,3,9H2,2H3. The van der Waals surface area contributed by atoms with Crippen molar-refractivity contribution in [2.45, 2.75) is 13.5 Å². The Morgan fingerprint density at radius 1 is 1.83 bits per heavy atom. The maximum Gasteiger partial charge on any atom is 0.207 e. The summed E-state index contributed by atoms with van der Waals surface area (Å²) < 4.78 is 0. The number of Topliss-reactive ketones (excluding diaryl/α,β-unsaturated/α-hetero) is 1. The van der Waals surface area contributed by atoms with Crippen LogP contribution in [0.4, 0.5) is 0 Å². The van der Waals surface area contributed by atoms with Crippen LogP contribution in [0.25, 0.3) is 0 Å². The van der Waals surface area contributed by atoms with Crippen molar-refractivity contribution in [3.63, 3.8) is 0 Å². The van der Waals surface area contributed by atoms with Crippen molar-refractivity contribution < 1.29 is 4.79 Å². The molecule has 0 saturated carbocycles. The largest absolute Gasteiger partial charge is 0.325 e. The Morgan fingerprint density at radius 2 is 2.50 bits per heavy atom. The van der Waals surface area contributed by atoms with E-state index in [1.54, 1.807) is 12.3 Å². The van der Waals surface area contributed by atoms with E-state index in [2.05, 4.69) is 11.6 Å². The molecule has 1 heterocycles. The average molecular weight is 182 g/mol. The third kappa shape index (κ3) is 1.78. The van der Waals surface area contributed by atoms with E-state index in [1.165, 1.54) is 11.3 Å². The molecule has 0 saturated heterocycles. The molecule has 4 heteroatoms. The molecular weight excluding hydrogens is 172 g/mol. The molecule has 0 unspecified atom stereocenters. The zero-order chi connectivity index (χ0) is 9.14. The Hall–Kier alpha value is -1.00. The number of rotatable bonds is 3. The Kier molecular flexibility index (Phi) is 2.73. The molecule has 0 aromatic carbocycles. The normalized spacial score (nSPS) is 9.83. The summed E-state index contributed by atoms with van der Waals surface area (Å²) in [4.78, 5) is 15.3. The minimum absolute atomic E-state index is 0.106. The second-order valence-electron chi connectivity index (χ2n) is 2.44. The van der Waals surface area contributed by atoms with Gasteiger partial charge in [0, 0.05) is 11.9 Å². The molecule has 0 fully saturated rings. The van der Waals surface area contributed by atoms with Gasteiger partial charge in [-0.1, -0.05) is 6.58 Å². The van der Waals surface area contributed by atoms with Gasteiger partial charge in [0.1, 0.15) is 10.7 Å². The predicted molar refractivity (Wildman–Crippen MR) is 49.1 cm³/mol. The Morgan fingerprint density at radius 3 is 2.92 bits per heavy atom. The van der Waals surface area contributed by atoms with Crippen LogP contribution in [-0.2, 0) is 6.54 Å². The number of thiazole rings is 1. The minimum Gasteiger partial charge on any atom is -0.325 e. The number of carbonyl (C=O) groups is 1. The van der Waals surface area contributed by atoms with Crippen LogP contribution in [-0.4, -0.2) is 10.8 Å². The number of ketones is 1. The highest BCUT2D eigenvalue weighted by molar-refractivity contribution is 7.09. The van der Waals surface area contributed by atoms with E-state index in [1.807, 2.05) is 0 Å². The lowest BCUT2D eigenvalue weighted by Gasteiger charge is -1.91. The summed E-state index contributed by atoms with van der Waals surface area (Å²) in [5.74, 6) is -0.106. The molecule has 0 amide bonds. The van der Waals surface area contributed by atoms with E-state index in [-0.39, 0.29) is 5.78 Å². The van der Waals surface area contributed by atoms with E-state index in [9.17, 15) is 4.79 Å². The number of nitrogens with zero attached hydrogens (tertiary/aromatic N) is 1. The first-order chi connectivity index (χ1) is 5.65.